The molecule has 5 aliphatic rings. The molecule has 0 aliphatic heterocycles. The summed E-state index contributed by atoms with van der Waals surface area (Å²) in [6, 6.07) is 0. The van der Waals surface area contributed by atoms with Crippen molar-refractivity contribution in [2.75, 3.05) is 0 Å². The third-order valence-corrected chi connectivity index (χ3v) is 13.4. The summed E-state index contributed by atoms with van der Waals surface area (Å²) >= 11 is 0. The minimum atomic E-state index is -0.125. The van der Waals surface area contributed by atoms with Crippen LogP contribution in [0.5, 0.6) is 0 Å². The molecule has 0 aromatic heterocycles. The molecule has 31 heavy (non-hydrogen) atoms. The van der Waals surface area contributed by atoms with Gasteiger partial charge in [-0.3, -0.25) is 0 Å². The summed E-state index contributed by atoms with van der Waals surface area (Å²) in [7, 11) is 0. The van der Waals surface area contributed by atoms with Crippen LogP contribution in [0.4, 0.5) is 0 Å². The number of rotatable bonds is 0. The molecular formula is C30H50O. The van der Waals surface area contributed by atoms with Crippen LogP contribution in [0.25, 0.3) is 0 Å². The molecule has 10 atom stereocenters. The molecule has 0 radical (unpaired) electrons. The van der Waals surface area contributed by atoms with Gasteiger partial charge in [0.05, 0.1) is 6.10 Å². The Morgan fingerprint density at radius 1 is 0.806 bits per heavy atom. The lowest BCUT2D eigenvalue weighted by molar-refractivity contribution is -0.203. The van der Waals surface area contributed by atoms with Crippen LogP contribution in [0.2, 0.25) is 0 Å². The summed E-state index contributed by atoms with van der Waals surface area (Å²) in [5, 5.41) is 10.9. The molecule has 5 rings (SSSR count). The van der Waals surface area contributed by atoms with E-state index in [0.29, 0.717) is 27.6 Å². The zero-order valence-electron chi connectivity index (χ0n) is 21.9. The van der Waals surface area contributed by atoms with E-state index in [0.717, 1.165) is 30.1 Å². The Bertz CT molecular complexity index is 779. The number of allylic oxidation sites excluding steroid dienone is 2. The average Bonchev–Trinajstić information content (AvgIpc) is 2.69. The molecule has 0 aromatic carbocycles. The van der Waals surface area contributed by atoms with Gasteiger partial charge in [-0.05, 0) is 114 Å². The van der Waals surface area contributed by atoms with Crippen molar-refractivity contribution in [3.05, 3.63) is 11.6 Å². The molecule has 0 amide bonds. The Labute approximate surface area is 192 Å². The van der Waals surface area contributed by atoms with E-state index in [9.17, 15) is 5.11 Å². The Morgan fingerprint density at radius 3 is 2.23 bits per heavy atom. The van der Waals surface area contributed by atoms with E-state index in [1.54, 1.807) is 0 Å². The molecule has 0 bridgehead atoms. The fourth-order valence-corrected chi connectivity index (χ4v) is 10.8. The molecule has 1 heteroatoms. The number of hydrogen-bond acceptors (Lipinski definition) is 1. The Hall–Kier alpha value is -0.300. The molecule has 5 aliphatic carbocycles. The van der Waals surface area contributed by atoms with E-state index in [1.807, 2.05) is 5.57 Å². The van der Waals surface area contributed by atoms with Crippen LogP contribution in [0.1, 0.15) is 113 Å². The van der Waals surface area contributed by atoms with Crippen LogP contribution in [-0.2, 0) is 0 Å². The maximum Gasteiger partial charge on any atom is 0.0594 e. The van der Waals surface area contributed by atoms with Gasteiger partial charge in [-0.1, -0.05) is 67.0 Å². The van der Waals surface area contributed by atoms with Crippen LogP contribution in [0.15, 0.2) is 11.6 Å². The SMILES string of the molecule is CC1CC[C@]2(C)CCC3(C)C(=CCC4[C@@]5(C)CC[C@H](O)C(C)(C)C5CC[C@]43C)C2C1C. The highest BCUT2D eigenvalue weighted by Gasteiger charge is 2.67. The second-order valence-corrected chi connectivity index (χ2v) is 14.7. The Kier molecular flexibility index (Phi) is 4.82. The van der Waals surface area contributed by atoms with E-state index in [1.165, 1.54) is 51.4 Å². The van der Waals surface area contributed by atoms with Gasteiger partial charge in [0, 0.05) is 0 Å². The van der Waals surface area contributed by atoms with Crippen LogP contribution in [-0.4, -0.2) is 11.2 Å². The van der Waals surface area contributed by atoms with Crippen LogP contribution in [0, 0.1) is 56.7 Å². The second-order valence-electron chi connectivity index (χ2n) is 14.7. The standard InChI is InChI=1S/C30H50O/c1-19-11-14-27(5)17-18-29(7)21(25(27)20(19)2)9-10-23-28(6)15-13-24(31)26(3,4)22(28)12-16-30(23,29)8/h9,19-20,22-25,31H,10-18H2,1-8H3/t19?,20?,22?,23?,24-,25?,27+,28-,29?,30+/m0/s1. The monoisotopic (exact) mass is 426 g/mol. The van der Waals surface area contributed by atoms with Crippen molar-refractivity contribution in [3.63, 3.8) is 0 Å². The van der Waals surface area contributed by atoms with Crippen LogP contribution in [0.3, 0.4) is 0 Å². The minimum absolute atomic E-state index is 0.0533. The zero-order valence-corrected chi connectivity index (χ0v) is 21.9. The topological polar surface area (TPSA) is 20.2 Å². The summed E-state index contributed by atoms with van der Waals surface area (Å²) in [4.78, 5) is 0. The molecule has 0 heterocycles. The highest BCUT2D eigenvalue weighted by molar-refractivity contribution is 5.33. The predicted octanol–water partition coefficient (Wildman–Crippen LogP) is 8.02. The number of fused-ring (bicyclic) bond motifs is 7. The molecule has 4 fully saturated rings. The quantitative estimate of drug-likeness (QED) is 0.389. The van der Waals surface area contributed by atoms with Crippen LogP contribution >= 0.6 is 0 Å². The van der Waals surface area contributed by atoms with Gasteiger partial charge in [0.2, 0.25) is 0 Å². The maximum absolute atomic E-state index is 10.9. The molecule has 1 N–H and O–H groups in total. The van der Waals surface area contributed by atoms with Crippen LogP contribution < -0.4 is 0 Å². The van der Waals surface area contributed by atoms with E-state index in [-0.39, 0.29) is 11.5 Å². The van der Waals surface area contributed by atoms with E-state index < -0.39 is 0 Å². The van der Waals surface area contributed by atoms with E-state index in [4.69, 9.17) is 0 Å². The zero-order chi connectivity index (χ0) is 22.6. The Morgan fingerprint density at radius 2 is 1.52 bits per heavy atom. The summed E-state index contributed by atoms with van der Waals surface area (Å²) in [6.07, 6.45) is 14.5. The van der Waals surface area contributed by atoms with Crippen molar-refractivity contribution < 1.29 is 5.11 Å². The average molecular weight is 427 g/mol. The first-order chi connectivity index (χ1) is 14.3. The predicted molar refractivity (Wildman–Crippen MR) is 131 cm³/mol. The van der Waals surface area contributed by atoms with Crippen molar-refractivity contribution in [2.24, 2.45) is 56.7 Å². The molecule has 0 saturated heterocycles. The van der Waals surface area contributed by atoms with Gasteiger partial charge in [-0.15, -0.1) is 0 Å². The van der Waals surface area contributed by atoms with Crippen molar-refractivity contribution in [3.8, 4) is 0 Å². The molecular weight excluding hydrogens is 376 g/mol. The van der Waals surface area contributed by atoms with Gasteiger partial charge < -0.3 is 5.11 Å². The molecule has 176 valence electrons. The Balaban J connectivity index is 1.59. The summed E-state index contributed by atoms with van der Waals surface area (Å²) in [5.41, 5.74) is 3.60. The number of aliphatic hydroxyl groups excluding tert-OH is 1. The highest BCUT2D eigenvalue weighted by atomic mass is 16.3. The van der Waals surface area contributed by atoms with Gasteiger partial charge in [-0.2, -0.15) is 0 Å². The second kappa shape index (κ2) is 6.64. The number of aliphatic hydroxyl groups is 1. The first-order valence-electron chi connectivity index (χ1n) is 13.7. The summed E-state index contributed by atoms with van der Waals surface area (Å²) < 4.78 is 0. The van der Waals surface area contributed by atoms with Gasteiger partial charge in [0.15, 0.2) is 0 Å². The lowest BCUT2D eigenvalue weighted by atomic mass is 9.33. The summed E-state index contributed by atoms with van der Waals surface area (Å²) in [5.74, 6) is 3.90. The van der Waals surface area contributed by atoms with Gasteiger partial charge in [-0.25, -0.2) is 0 Å². The van der Waals surface area contributed by atoms with Crippen molar-refractivity contribution in [1.82, 2.24) is 0 Å². The molecule has 6 unspecified atom stereocenters. The third-order valence-electron chi connectivity index (χ3n) is 13.4. The first kappa shape index (κ1) is 22.5. The molecule has 4 saturated carbocycles. The smallest absolute Gasteiger partial charge is 0.0594 e. The number of hydrogen-bond donors (Lipinski definition) is 1. The summed E-state index contributed by atoms with van der Waals surface area (Å²) in [6.45, 7) is 20.5. The lowest BCUT2D eigenvalue weighted by Crippen LogP contribution is -2.64. The van der Waals surface area contributed by atoms with E-state index >= 15 is 0 Å². The van der Waals surface area contributed by atoms with Gasteiger partial charge in [0.25, 0.3) is 0 Å². The first-order valence-corrected chi connectivity index (χ1v) is 13.7. The highest BCUT2D eigenvalue weighted by Crippen LogP contribution is 2.75. The third kappa shape index (κ3) is 2.65. The largest absolute Gasteiger partial charge is 0.393 e. The fourth-order valence-electron chi connectivity index (χ4n) is 10.8. The van der Waals surface area contributed by atoms with Crippen molar-refractivity contribution in [1.29, 1.82) is 0 Å². The maximum atomic E-state index is 10.9. The minimum Gasteiger partial charge on any atom is -0.393 e. The molecule has 0 spiro atoms. The molecule has 1 nitrogen and oxygen atoms in total. The normalized spacial score (nSPS) is 58.3. The van der Waals surface area contributed by atoms with Gasteiger partial charge in [0.1, 0.15) is 0 Å². The van der Waals surface area contributed by atoms with Crippen molar-refractivity contribution in [2.45, 2.75) is 119 Å². The van der Waals surface area contributed by atoms with Gasteiger partial charge >= 0.3 is 0 Å². The fraction of sp³-hybridized carbons (Fsp3) is 0.933. The van der Waals surface area contributed by atoms with Crippen molar-refractivity contribution >= 4 is 0 Å². The van der Waals surface area contributed by atoms with E-state index in [2.05, 4.69) is 61.5 Å². The lowest BCUT2D eigenvalue weighted by Gasteiger charge is -2.71. The molecule has 0 aromatic rings.